The zero-order chi connectivity index (χ0) is 11.5. The molecule has 0 unspecified atom stereocenters. The number of hydrogen-bond acceptors (Lipinski definition) is 4. The van der Waals surface area contributed by atoms with E-state index >= 15 is 0 Å². The number of ether oxygens (including phenoxy) is 1. The first-order chi connectivity index (χ1) is 7.70. The van der Waals surface area contributed by atoms with Gasteiger partial charge in [0.15, 0.2) is 0 Å². The van der Waals surface area contributed by atoms with Gasteiger partial charge in [0.2, 0.25) is 5.65 Å². The van der Waals surface area contributed by atoms with E-state index in [9.17, 15) is 4.79 Å². The second kappa shape index (κ2) is 4.18. The van der Waals surface area contributed by atoms with Crippen LogP contribution in [0.2, 0.25) is 0 Å². The Morgan fingerprint density at radius 2 is 2.44 bits per heavy atom. The van der Waals surface area contributed by atoms with Crippen molar-refractivity contribution in [3.8, 4) is 5.88 Å². The number of carbonyl (C=O) groups is 1. The molecule has 2 rings (SSSR count). The number of rotatable bonds is 4. The van der Waals surface area contributed by atoms with E-state index in [1.807, 2.05) is 6.92 Å². The lowest BCUT2D eigenvalue weighted by molar-refractivity contribution is -0.136. The number of carboxylic acid groups (broad SMARTS) is 1. The van der Waals surface area contributed by atoms with Gasteiger partial charge in [0.05, 0.1) is 18.7 Å². The minimum atomic E-state index is -0.908. The van der Waals surface area contributed by atoms with Crippen LogP contribution in [-0.2, 0) is 11.2 Å². The molecule has 84 valence electrons. The molecule has 0 fully saturated rings. The van der Waals surface area contributed by atoms with Gasteiger partial charge >= 0.3 is 5.97 Å². The molecule has 0 aliphatic carbocycles. The summed E-state index contributed by atoms with van der Waals surface area (Å²) < 4.78 is 7.00. The zero-order valence-corrected chi connectivity index (χ0v) is 8.75. The predicted octanol–water partition coefficient (Wildman–Crippen LogP) is 0.755. The summed E-state index contributed by atoms with van der Waals surface area (Å²) in [5.74, 6) is -0.490. The predicted molar refractivity (Wildman–Crippen MR) is 55.5 cm³/mol. The number of hydrogen-bond donors (Lipinski definition) is 1. The highest BCUT2D eigenvalue weighted by molar-refractivity contribution is 5.70. The molecule has 2 aromatic rings. The smallest absolute Gasteiger partial charge is 0.309 e. The lowest BCUT2D eigenvalue weighted by Gasteiger charge is -2.01. The monoisotopic (exact) mass is 221 g/mol. The van der Waals surface area contributed by atoms with E-state index in [4.69, 9.17) is 9.84 Å². The van der Waals surface area contributed by atoms with Gasteiger partial charge in [0.1, 0.15) is 0 Å². The number of aliphatic carboxylic acids is 1. The van der Waals surface area contributed by atoms with Crippen LogP contribution in [0.15, 0.2) is 18.6 Å². The SMILES string of the molecule is CCOc1nccn2cc(CC(=O)O)nc12. The number of carboxylic acids is 1. The number of fused-ring (bicyclic) bond motifs is 1. The molecule has 0 spiro atoms. The Labute approximate surface area is 91.5 Å². The molecule has 2 aromatic heterocycles. The molecule has 0 aliphatic heterocycles. The lowest BCUT2D eigenvalue weighted by atomic mass is 10.3. The van der Waals surface area contributed by atoms with Crippen molar-refractivity contribution in [1.82, 2.24) is 14.4 Å². The molecule has 0 amide bonds. The minimum absolute atomic E-state index is 0.104. The fourth-order valence-corrected chi connectivity index (χ4v) is 1.43. The highest BCUT2D eigenvalue weighted by atomic mass is 16.5. The van der Waals surface area contributed by atoms with Crippen LogP contribution < -0.4 is 4.74 Å². The molecule has 1 N–H and O–H groups in total. The molecule has 0 radical (unpaired) electrons. The van der Waals surface area contributed by atoms with Crippen molar-refractivity contribution in [3.63, 3.8) is 0 Å². The molecule has 6 heteroatoms. The maximum Gasteiger partial charge on any atom is 0.309 e. The van der Waals surface area contributed by atoms with Crippen LogP contribution in [-0.4, -0.2) is 32.1 Å². The van der Waals surface area contributed by atoms with E-state index < -0.39 is 5.97 Å². The first kappa shape index (κ1) is 10.4. The second-order valence-electron chi connectivity index (χ2n) is 3.20. The zero-order valence-electron chi connectivity index (χ0n) is 8.75. The molecule has 0 aliphatic rings. The Bertz CT molecular complexity index is 521. The van der Waals surface area contributed by atoms with E-state index in [2.05, 4.69) is 9.97 Å². The molecule has 0 saturated heterocycles. The van der Waals surface area contributed by atoms with Gasteiger partial charge in [-0.15, -0.1) is 0 Å². The van der Waals surface area contributed by atoms with Crippen molar-refractivity contribution < 1.29 is 14.6 Å². The molecule has 0 aromatic carbocycles. The third kappa shape index (κ3) is 1.95. The van der Waals surface area contributed by atoms with Gasteiger partial charge in [-0.3, -0.25) is 4.79 Å². The highest BCUT2D eigenvalue weighted by Gasteiger charge is 2.10. The van der Waals surface area contributed by atoms with Crippen molar-refractivity contribution in [3.05, 3.63) is 24.3 Å². The largest absolute Gasteiger partial charge is 0.481 e. The van der Waals surface area contributed by atoms with Gasteiger partial charge in [-0.1, -0.05) is 0 Å². The Morgan fingerprint density at radius 3 is 3.12 bits per heavy atom. The molecule has 6 nitrogen and oxygen atoms in total. The number of aromatic nitrogens is 3. The average molecular weight is 221 g/mol. The van der Waals surface area contributed by atoms with Gasteiger partial charge in [0.25, 0.3) is 5.88 Å². The fourth-order valence-electron chi connectivity index (χ4n) is 1.43. The van der Waals surface area contributed by atoms with Crippen molar-refractivity contribution >= 4 is 11.6 Å². The third-order valence-corrected chi connectivity index (χ3v) is 2.01. The summed E-state index contributed by atoms with van der Waals surface area (Å²) in [6, 6.07) is 0. The summed E-state index contributed by atoms with van der Waals surface area (Å²) >= 11 is 0. The first-order valence-electron chi connectivity index (χ1n) is 4.88. The molecule has 0 bridgehead atoms. The molecule has 0 saturated carbocycles. The van der Waals surface area contributed by atoms with Gasteiger partial charge in [-0.05, 0) is 6.92 Å². The van der Waals surface area contributed by atoms with E-state index in [0.717, 1.165) is 0 Å². The molecular formula is C10H11N3O3. The standard InChI is InChI=1S/C10H11N3O3/c1-2-16-10-9-12-7(5-8(14)15)6-13(9)4-3-11-10/h3-4,6H,2,5H2,1H3,(H,14,15). The van der Waals surface area contributed by atoms with Crippen molar-refractivity contribution in [2.45, 2.75) is 13.3 Å². The van der Waals surface area contributed by atoms with Crippen LogP contribution in [0.25, 0.3) is 5.65 Å². The van der Waals surface area contributed by atoms with E-state index in [0.29, 0.717) is 23.8 Å². The topological polar surface area (TPSA) is 76.7 Å². The van der Waals surface area contributed by atoms with E-state index in [1.54, 1.807) is 23.0 Å². The molecular weight excluding hydrogens is 210 g/mol. The quantitative estimate of drug-likeness (QED) is 0.824. The van der Waals surface area contributed by atoms with Gasteiger partial charge < -0.3 is 14.2 Å². The van der Waals surface area contributed by atoms with Crippen LogP contribution >= 0.6 is 0 Å². The average Bonchev–Trinajstić information content (AvgIpc) is 2.60. The maximum atomic E-state index is 10.6. The third-order valence-electron chi connectivity index (χ3n) is 2.01. The Kier molecular flexibility index (Phi) is 2.72. The lowest BCUT2D eigenvalue weighted by Crippen LogP contribution is -2.00. The Morgan fingerprint density at radius 1 is 1.62 bits per heavy atom. The van der Waals surface area contributed by atoms with E-state index in [-0.39, 0.29) is 6.42 Å². The minimum Gasteiger partial charge on any atom is -0.481 e. The molecule has 0 atom stereocenters. The van der Waals surface area contributed by atoms with Crippen LogP contribution in [0.5, 0.6) is 5.88 Å². The highest BCUT2D eigenvalue weighted by Crippen LogP contribution is 2.15. The van der Waals surface area contributed by atoms with Crippen LogP contribution in [0.1, 0.15) is 12.6 Å². The number of imidazole rings is 1. The fraction of sp³-hybridized carbons (Fsp3) is 0.300. The van der Waals surface area contributed by atoms with Gasteiger partial charge in [-0.2, -0.15) is 0 Å². The summed E-state index contributed by atoms with van der Waals surface area (Å²) in [6.07, 6.45) is 4.85. The van der Waals surface area contributed by atoms with Crippen LogP contribution in [0.3, 0.4) is 0 Å². The molecule has 16 heavy (non-hydrogen) atoms. The summed E-state index contributed by atoms with van der Waals surface area (Å²) in [5.41, 5.74) is 1.03. The van der Waals surface area contributed by atoms with Crippen molar-refractivity contribution in [2.24, 2.45) is 0 Å². The summed E-state index contributed by atoms with van der Waals surface area (Å²) in [6.45, 7) is 2.35. The molecule has 2 heterocycles. The van der Waals surface area contributed by atoms with Crippen LogP contribution in [0.4, 0.5) is 0 Å². The van der Waals surface area contributed by atoms with Crippen molar-refractivity contribution in [2.75, 3.05) is 6.61 Å². The second-order valence-corrected chi connectivity index (χ2v) is 3.20. The van der Waals surface area contributed by atoms with Gasteiger partial charge in [0, 0.05) is 18.6 Å². The summed E-state index contributed by atoms with van der Waals surface area (Å²) in [7, 11) is 0. The Hall–Kier alpha value is -2.11. The Balaban J connectivity index is 2.43. The first-order valence-corrected chi connectivity index (χ1v) is 4.88. The van der Waals surface area contributed by atoms with Crippen molar-refractivity contribution in [1.29, 1.82) is 0 Å². The summed E-state index contributed by atoms with van der Waals surface area (Å²) in [4.78, 5) is 18.8. The normalized spacial score (nSPS) is 10.6. The number of nitrogens with zero attached hydrogens (tertiary/aromatic N) is 3. The summed E-state index contributed by atoms with van der Waals surface area (Å²) in [5, 5.41) is 8.67. The van der Waals surface area contributed by atoms with E-state index in [1.165, 1.54) is 0 Å². The maximum absolute atomic E-state index is 10.6. The van der Waals surface area contributed by atoms with Gasteiger partial charge in [-0.25, -0.2) is 9.97 Å². The van der Waals surface area contributed by atoms with Crippen LogP contribution in [0, 0.1) is 0 Å².